The number of hydrogen-bond donors (Lipinski definition) is 0. The van der Waals surface area contributed by atoms with Gasteiger partial charge in [0.2, 0.25) is 0 Å². The molecule has 0 heterocycles. The largest absolute Gasteiger partial charge is 0.207 e. The summed E-state index contributed by atoms with van der Waals surface area (Å²) < 4.78 is 13.0. The second-order valence-corrected chi connectivity index (χ2v) is 4.78. The van der Waals surface area contributed by atoms with Crippen molar-refractivity contribution in [2.24, 2.45) is 0 Å². The summed E-state index contributed by atoms with van der Waals surface area (Å²) in [6.07, 6.45) is 3.64. The minimum Gasteiger partial charge on any atom is -0.207 e. The molecule has 1 nitrogen and oxygen atoms in total. The molecule has 0 saturated heterocycles. The number of nitriles is 1. The lowest BCUT2D eigenvalue weighted by Gasteiger charge is -2.04. The summed E-state index contributed by atoms with van der Waals surface area (Å²) in [6.45, 7) is 2.17. The molecule has 0 atom stereocenters. The van der Waals surface area contributed by atoms with Crippen molar-refractivity contribution in [1.82, 2.24) is 0 Å². The third-order valence-electron chi connectivity index (χ3n) is 2.34. The van der Waals surface area contributed by atoms with Gasteiger partial charge < -0.3 is 0 Å². The van der Waals surface area contributed by atoms with Gasteiger partial charge in [-0.05, 0) is 35.9 Å². The van der Waals surface area contributed by atoms with Crippen LogP contribution in [-0.4, -0.2) is 5.75 Å². The molecule has 0 N–H and O–H groups in total. The number of hydrogen-bond acceptors (Lipinski definition) is 2. The molecule has 3 heteroatoms. The van der Waals surface area contributed by atoms with Gasteiger partial charge in [-0.25, -0.2) is 4.39 Å². The number of unbranched alkanes of at least 4 members (excludes halogenated alkanes) is 2. The van der Waals surface area contributed by atoms with Crippen LogP contribution in [0.1, 0.15) is 37.3 Å². The van der Waals surface area contributed by atoms with E-state index in [2.05, 4.69) is 13.0 Å². The van der Waals surface area contributed by atoms with Gasteiger partial charge in [0, 0.05) is 5.75 Å². The number of benzene rings is 1. The maximum absolute atomic E-state index is 13.0. The summed E-state index contributed by atoms with van der Waals surface area (Å²) in [5.74, 6) is 1.54. The quantitative estimate of drug-likeness (QED) is 0.695. The maximum atomic E-state index is 13.0. The third-order valence-corrected chi connectivity index (χ3v) is 3.43. The van der Waals surface area contributed by atoms with E-state index in [-0.39, 0.29) is 5.82 Å². The fourth-order valence-electron chi connectivity index (χ4n) is 1.43. The average Bonchev–Trinajstić information content (AvgIpc) is 2.29. The fraction of sp³-hybridized carbons (Fsp3) is 0.462. The summed E-state index contributed by atoms with van der Waals surface area (Å²) in [4.78, 5) is 0. The van der Waals surface area contributed by atoms with Crippen LogP contribution in [0, 0.1) is 17.1 Å². The third kappa shape index (κ3) is 4.24. The average molecular weight is 237 g/mol. The van der Waals surface area contributed by atoms with Crippen LogP contribution in [0.5, 0.6) is 0 Å². The monoisotopic (exact) mass is 237 g/mol. The van der Waals surface area contributed by atoms with E-state index < -0.39 is 0 Å². The molecule has 16 heavy (non-hydrogen) atoms. The molecule has 0 aliphatic heterocycles. The summed E-state index contributed by atoms with van der Waals surface area (Å²) in [5.41, 5.74) is 1.40. The van der Waals surface area contributed by atoms with E-state index in [0.29, 0.717) is 5.56 Å². The first-order valence-electron chi connectivity index (χ1n) is 5.54. The van der Waals surface area contributed by atoms with E-state index in [1.54, 1.807) is 17.8 Å². The zero-order valence-electron chi connectivity index (χ0n) is 9.50. The Kier molecular flexibility index (Phi) is 5.95. The molecule has 0 radical (unpaired) electrons. The highest BCUT2D eigenvalue weighted by Gasteiger charge is 2.03. The van der Waals surface area contributed by atoms with E-state index in [4.69, 9.17) is 5.26 Å². The topological polar surface area (TPSA) is 23.8 Å². The Morgan fingerprint density at radius 2 is 2.19 bits per heavy atom. The highest BCUT2D eigenvalue weighted by molar-refractivity contribution is 7.98. The Labute approximate surface area is 101 Å². The van der Waals surface area contributed by atoms with E-state index in [1.165, 1.54) is 31.4 Å². The molecular formula is C13H16FNS. The molecule has 0 aliphatic rings. The van der Waals surface area contributed by atoms with Gasteiger partial charge in [0.15, 0.2) is 0 Å². The van der Waals surface area contributed by atoms with Crippen LogP contribution in [0.4, 0.5) is 4.39 Å². The van der Waals surface area contributed by atoms with E-state index in [0.717, 1.165) is 17.1 Å². The van der Waals surface area contributed by atoms with Crippen molar-refractivity contribution in [2.45, 2.75) is 31.9 Å². The molecule has 86 valence electrons. The predicted molar refractivity (Wildman–Crippen MR) is 66.8 cm³/mol. The van der Waals surface area contributed by atoms with Crippen molar-refractivity contribution in [3.8, 4) is 6.07 Å². The Balaban J connectivity index is 2.46. The number of rotatable bonds is 6. The minimum absolute atomic E-state index is 0.261. The van der Waals surface area contributed by atoms with E-state index in [9.17, 15) is 4.39 Å². The first-order valence-corrected chi connectivity index (χ1v) is 6.69. The smallest absolute Gasteiger partial charge is 0.123 e. The molecule has 0 aliphatic carbocycles. The normalized spacial score (nSPS) is 10.1. The van der Waals surface area contributed by atoms with Crippen molar-refractivity contribution >= 4 is 11.8 Å². The van der Waals surface area contributed by atoms with Gasteiger partial charge in [0.1, 0.15) is 5.82 Å². The first kappa shape index (κ1) is 13.1. The van der Waals surface area contributed by atoms with E-state index in [1.807, 2.05) is 0 Å². The Hall–Kier alpha value is -1.01. The molecule has 0 amide bonds. The van der Waals surface area contributed by atoms with Crippen molar-refractivity contribution in [1.29, 1.82) is 5.26 Å². The van der Waals surface area contributed by atoms with Crippen LogP contribution in [0.3, 0.4) is 0 Å². The SMILES string of the molecule is CCCCCSCc1cc(F)ccc1C#N. The molecular weight excluding hydrogens is 221 g/mol. The van der Waals surface area contributed by atoms with Crippen molar-refractivity contribution in [2.75, 3.05) is 5.75 Å². The fourth-order valence-corrected chi connectivity index (χ4v) is 2.44. The molecule has 1 rings (SSSR count). The number of nitrogens with zero attached hydrogens (tertiary/aromatic N) is 1. The highest BCUT2D eigenvalue weighted by Crippen LogP contribution is 2.18. The summed E-state index contributed by atoms with van der Waals surface area (Å²) in [7, 11) is 0. The molecule has 0 bridgehead atoms. The van der Waals surface area contributed by atoms with Gasteiger partial charge in [0.25, 0.3) is 0 Å². The van der Waals surface area contributed by atoms with Crippen molar-refractivity contribution in [3.63, 3.8) is 0 Å². The molecule has 0 saturated carbocycles. The summed E-state index contributed by atoms with van der Waals surface area (Å²) in [5, 5.41) is 8.87. The number of halogens is 1. The van der Waals surface area contributed by atoms with Gasteiger partial charge in [-0.3, -0.25) is 0 Å². The highest BCUT2D eigenvalue weighted by atomic mass is 32.2. The predicted octanol–water partition coefficient (Wildman–Crippen LogP) is 4.12. The zero-order valence-corrected chi connectivity index (χ0v) is 10.3. The molecule has 1 aromatic rings. The van der Waals surface area contributed by atoms with Gasteiger partial charge >= 0.3 is 0 Å². The summed E-state index contributed by atoms with van der Waals surface area (Å²) in [6, 6.07) is 6.45. The van der Waals surface area contributed by atoms with Gasteiger partial charge in [0.05, 0.1) is 11.6 Å². The van der Waals surface area contributed by atoms with Crippen LogP contribution in [0.15, 0.2) is 18.2 Å². The Bertz CT molecular complexity index is 371. The molecule has 0 aromatic heterocycles. The van der Waals surface area contributed by atoms with Gasteiger partial charge in [-0.1, -0.05) is 19.8 Å². The Morgan fingerprint density at radius 1 is 1.38 bits per heavy atom. The summed E-state index contributed by atoms with van der Waals surface area (Å²) >= 11 is 1.77. The van der Waals surface area contributed by atoms with Crippen LogP contribution in [0.2, 0.25) is 0 Å². The first-order chi connectivity index (χ1) is 7.77. The minimum atomic E-state index is -0.261. The van der Waals surface area contributed by atoms with Crippen molar-refractivity contribution in [3.05, 3.63) is 35.1 Å². The lowest BCUT2D eigenvalue weighted by Crippen LogP contribution is -1.90. The standard InChI is InChI=1S/C13H16FNS/c1-2-3-4-7-16-10-12-8-13(14)6-5-11(12)9-15/h5-6,8H,2-4,7,10H2,1H3. The lowest BCUT2D eigenvalue weighted by molar-refractivity contribution is 0.626. The Morgan fingerprint density at radius 3 is 2.88 bits per heavy atom. The molecule has 1 aromatic carbocycles. The van der Waals surface area contributed by atoms with Crippen LogP contribution in [0.25, 0.3) is 0 Å². The second kappa shape index (κ2) is 7.29. The lowest BCUT2D eigenvalue weighted by atomic mass is 10.1. The van der Waals surface area contributed by atoms with Crippen LogP contribution < -0.4 is 0 Å². The maximum Gasteiger partial charge on any atom is 0.123 e. The molecule has 0 spiro atoms. The van der Waals surface area contributed by atoms with Crippen LogP contribution >= 0.6 is 11.8 Å². The van der Waals surface area contributed by atoms with Gasteiger partial charge in [-0.2, -0.15) is 17.0 Å². The number of thioether (sulfide) groups is 1. The van der Waals surface area contributed by atoms with Crippen LogP contribution in [-0.2, 0) is 5.75 Å². The van der Waals surface area contributed by atoms with Crippen molar-refractivity contribution < 1.29 is 4.39 Å². The van der Waals surface area contributed by atoms with E-state index >= 15 is 0 Å². The second-order valence-electron chi connectivity index (χ2n) is 3.67. The van der Waals surface area contributed by atoms with Gasteiger partial charge in [-0.15, -0.1) is 0 Å². The zero-order chi connectivity index (χ0) is 11.8. The molecule has 0 unspecified atom stereocenters. The molecule has 0 fully saturated rings.